The zero-order valence-electron chi connectivity index (χ0n) is 25.4. The van der Waals surface area contributed by atoms with E-state index in [9.17, 15) is 13.2 Å². The molecule has 3 heterocycles. The van der Waals surface area contributed by atoms with Crippen LogP contribution >= 0.6 is 0 Å². The SMILES string of the molecule is CCOc1nc(Nc2ccc(C(=O)N3CCC4(CC3)CC4COC)cc2OC)nc2c1ccn2S(=O)(=O)c1ccc(C)cc1. The molecule has 2 aliphatic rings. The number of hydrogen-bond donors (Lipinski definition) is 1. The minimum absolute atomic E-state index is 0.0379. The Bertz CT molecular complexity index is 1800. The van der Waals surface area contributed by atoms with Gasteiger partial charge in [0.05, 0.1) is 29.7 Å². The largest absolute Gasteiger partial charge is 0.495 e. The lowest BCUT2D eigenvalue weighted by atomic mass is 9.90. The molecule has 1 unspecified atom stereocenters. The van der Waals surface area contributed by atoms with E-state index in [-0.39, 0.29) is 28.3 Å². The maximum absolute atomic E-state index is 13.6. The molecule has 1 atom stereocenters. The van der Waals surface area contributed by atoms with E-state index in [0.29, 0.717) is 40.3 Å². The minimum atomic E-state index is -3.94. The third-order valence-electron chi connectivity index (χ3n) is 8.80. The van der Waals surface area contributed by atoms with E-state index in [1.54, 1.807) is 55.6 Å². The van der Waals surface area contributed by atoms with Crippen molar-refractivity contribution in [3.63, 3.8) is 0 Å². The van der Waals surface area contributed by atoms with Crippen molar-refractivity contribution < 1.29 is 27.4 Å². The third-order valence-corrected chi connectivity index (χ3v) is 10.5. The molecule has 1 amide bonds. The smallest absolute Gasteiger partial charge is 0.269 e. The summed E-state index contributed by atoms with van der Waals surface area (Å²) in [6.45, 7) is 6.28. The summed E-state index contributed by atoms with van der Waals surface area (Å²) < 4.78 is 45.0. The van der Waals surface area contributed by atoms with Crippen LogP contribution in [-0.2, 0) is 14.8 Å². The van der Waals surface area contributed by atoms with E-state index in [2.05, 4.69) is 15.3 Å². The van der Waals surface area contributed by atoms with Crippen LogP contribution in [0.2, 0.25) is 0 Å². The molecule has 2 aromatic heterocycles. The molecule has 1 aliphatic heterocycles. The Morgan fingerprint density at radius 3 is 2.50 bits per heavy atom. The molecule has 2 fully saturated rings. The first-order valence-electron chi connectivity index (χ1n) is 14.8. The van der Waals surface area contributed by atoms with E-state index in [4.69, 9.17) is 14.2 Å². The summed E-state index contributed by atoms with van der Waals surface area (Å²) in [6.07, 6.45) is 4.61. The molecule has 1 saturated heterocycles. The van der Waals surface area contributed by atoms with Crippen molar-refractivity contribution in [1.29, 1.82) is 0 Å². The molecule has 1 spiro atoms. The predicted molar refractivity (Wildman–Crippen MR) is 166 cm³/mol. The number of nitrogens with one attached hydrogen (secondary N) is 1. The summed E-state index contributed by atoms with van der Waals surface area (Å²) in [5.74, 6) is 1.36. The minimum Gasteiger partial charge on any atom is -0.495 e. The van der Waals surface area contributed by atoms with Gasteiger partial charge in [0.15, 0.2) is 5.65 Å². The van der Waals surface area contributed by atoms with Crippen LogP contribution in [0.4, 0.5) is 11.6 Å². The van der Waals surface area contributed by atoms with E-state index in [1.807, 2.05) is 18.7 Å². The van der Waals surface area contributed by atoms with Crippen LogP contribution in [0, 0.1) is 18.3 Å². The van der Waals surface area contributed by atoms with Gasteiger partial charge < -0.3 is 24.4 Å². The van der Waals surface area contributed by atoms with E-state index >= 15 is 0 Å². The van der Waals surface area contributed by atoms with Crippen molar-refractivity contribution in [3.05, 3.63) is 65.9 Å². The fourth-order valence-corrected chi connectivity index (χ4v) is 7.45. The lowest BCUT2D eigenvalue weighted by Gasteiger charge is -2.33. The number of nitrogens with zero attached hydrogens (tertiary/aromatic N) is 4. The second kappa shape index (κ2) is 11.7. The van der Waals surface area contributed by atoms with Crippen LogP contribution in [0.1, 0.15) is 42.1 Å². The second-order valence-corrected chi connectivity index (χ2v) is 13.3. The number of aromatic nitrogens is 3. The number of hydrogen-bond acceptors (Lipinski definition) is 9. The molecular formula is C32H37N5O6S. The first-order chi connectivity index (χ1) is 21.2. The molecule has 11 nitrogen and oxygen atoms in total. The number of carbonyl (C=O) groups is 1. The summed E-state index contributed by atoms with van der Waals surface area (Å²) in [5.41, 5.74) is 2.50. The lowest BCUT2D eigenvalue weighted by molar-refractivity contribution is 0.0652. The zero-order chi connectivity index (χ0) is 31.1. The van der Waals surface area contributed by atoms with Crippen molar-refractivity contribution in [3.8, 4) is 11.6 Å². The number of amides is 1. The molecule has 232 valence electrons. The average molecular weight is 620 g/mol. The number of ether oxygens (including phenoxy) is 3. The monoisotopic (exact) mass is 619 g/mol. The maximum atomic E-state index is 13.6. The fraction of sp³-hybridized carbons (Fsp3) is 0.406. The zero-order valence-corrected chi connectivity index (χ0v) is 26.2. The molecule has 0 radical (unpaired) electrons. The number of fused-ring (bicyclic) bond motifs is 1. The average Bonchev–Trinajstić information content (AvgIpc) is 3.47. The van der Waals surface area contributed by atoms with Crippen molar-refractivity contribution >= 4 is 38.6 Å². The molecule has 1 N–H and O–H groups in total. The highest BCUT2D eigenvalue weighted by atomic mass is 32.2. The van der Waals surface area contributed by atoms with Crippen molar-refractivity contribution in [2.75, 3.05) is 45.8 Å². The second-order valence-electron chi connectivity index (χ2n) is 11.5. The van der Waals surface area contributed by atoms with Gasteiger partial charge in [0, 0.05) is 38.6 Å². The van der Waals surface area contributed by atoms with Crippen LogP contribution in [0.25, 0.3) is 11.0 Å². The molecule has 6 rings (SSSR count). The Hall–Kier alpha value is -4.16. The fourth-order valence-electron chi connectivity index (χ4n) is 6.15. The highest BCUT2D eigenvalue weighted by Gasteiger charge is 2.54. The molecular weight excluding hydrogens is 582 g/mol. The summed E-state index contributed by atoms with van der Waals surface area (Å²) in [4.78, 5) is 24.5. The first-order valence-corrected chi connectivity index (χ1v) is 16.2. The van der Waals surface area contributed by atoms with Crippen LogP contribution in [0.5, 0.6) is 11.6 Å². The Labute approximate surface area is 257 Å². The van der Waals surface area contributed by atoms with Gasteiger partial charge in [-0.05, 0) is 80.8 Å². The van der Waals surface area contributed by atoms with Crippen molar-refractivity contribution in [2.45, 2.75) is 38.0 Å². The standard InChI is InChI=1S/C32H37N5O6S/c1-5-43-29-25-12-15-37(44(39,40)24-9-6-21(2)7-10-24)28(25)34-31(35-29)33-26-11-8-22(18-27(26)42-4)30(38)36-16-13-32(14-17-36)19-23(32)20-41-3/h6-12,15,18,23H,5,13-14,16-17,19-20H2,1-4H3,(H,33,34,35). The summed E-state index contributed by atoms with van der Waals surface area (Å²) in [5, 5.41) is 3.60. The number of piperidine rings is 1. The number of aryl methyl sites for hydroxylation is 1. The molecule has 44 heavy (non-hydrogen) atoms. The topological polar surface area (TPSA) is 125 Å². The van der Waals surface area contributed by atoms with Crippen molar-refractivity contribution in [1.82, 2.24) is 18.8 Å². The van der Waals surface area contributed by atoms with Gasteiger partial charge in [-0.25, -0.2) is 12.4 Å². The number of carbonyl (C=O) groups excluding carboxylic acids is 1. The number of likely N-dealkylation sites (tertiary alicyclic amines) is 1. The Balaban J connectivity index is 1.26. The molecule has 1 aliphatic carbocycles. The van der Waals surface area contributed by atoms with Crippen LogP contribution in [-0.4, -0.2) is 73.7 Å². The summed E-state index contributed by atoms with van der Waals surface area (Å²) in [7, 11) is -0.669. The quantitative estimate of drug-likeness (QED) is 0.261. The Morgan fingerprint density at radius 1 is 1.07 bits per heavy atom. The van der Waals surface area contributed by atoms with Gasteiger partial charge in [-0.15, -0.1) is 0 Å². The normalized spacial score (nSPS) is 17.5. The van der Waals surface area contributed by atoms with E-state index in [0.717, 1.165) is 42.1 Å². The molecule has 2 aromatic carbocycles. The highest BCUT2D eigenvalue weighted by Crippen LogP contribution is 2.59. The lowest BCUT2D eigenvalue weighted by Crippen LogP contribution is -2.39. The van der Waals surface area contributed by atoms with Gasteiger partial charge >= 0.3 is 0 Å². The van der Waals surface area contributed by atoms with Gasteiger partial charge in [0.2, 0.25) is 11.8 Å². The Morgan fingerprint density at radius 2 is 1.82 bits per heavy atom. The molecule has 0 bridgehead atoms. The molecule has 1 saturated carbocycles. The number of methoxy groups -OCH3 is 2. The predicted octanol–water partition coefficient (Wildman–Crippen LogP) is 5.02. The number of rotatable bonds is 10. The summed E-state index contributed by atoms with van der Waals surface area (Å²) in [6, 6.07) is 13.4. The van der Waals surface area contributed by atoms with Gasteiger partial charge in [-0.2, -0.15) is 9.97 Å². The molecule has 12 heteroatoms. The van der Waals surface area contributed by atoms with Gasteiger partial charge in [0.25, 0.3) is 15.9 Å². The van der Waals surface area contributed by atoms with Gasteiger partial charge in [-0.1, -0.05) is 17.7 Å². The van der Waals surface area contributed by atoms with Crippen LogP contribution in [0.15, 0.2) is 59.6 Å². The van der Waals surface area contributed by atoms with E-state index in [1.165, 1.54) is 19.7 Å². The number of benzene rings is 2. The maximum Gasteiger partial charge on any atom is 0.269 e. The third kappa shape index (κ3) is 5.48. The van der Waals surface area contributed by atoms with Gasteiger partial charge in [-0.3, -0.25) is 4.79 Å². The van der Waals surface area contributed by atoms with Crippen LogP contribution in [0.3, 0.4) is 0 Å². The molecule has 4 aromatic rings. The summed E-state index contributed by atoms with van der Waals surface area (Å²) >= 11 is 0. The van der Waals surface area contributed by atoms with Crippen LogP contribution < -0.4 is 14.8 Å². The number of anilines is 2. The van der Waals surface area contributed by atoms with Gasteiger partial charge in [0.1, 0.15) is 5.75 Å². The van der Waals surface area contributed by atoms with E-state index < -0.39 is 10.0 Å². The van der Waals surface area contributed by atoms with Crippen molar-refractivity contribution in [2.24, 2.45) is 11.3 Å². The highest BCUT2D eigenvalue weighted by molar-refractivity contribution is 7.90. The first kappa shape index (κ1) is 29.9. The Kier molecular flexibility index (Phi) is 7.97.